The highest BCUT2D eigenvalue weighted by molar-refractivity contribution is 6.03. The van der Waals surface area contributed by atoms with Crippen LogP contribution in [0.15, 0.2) is 47.6 Å². The van der Waals surface area contributed by atoms with E-state index in [4.69, 9.17) is 14.5 Å². The zero-order valence-corrected chi connectivity index (χ0v) is 16.0. The van der Waals surface area contributed by atoms with Crippen molar-refractivity contribution in [1.82, 2.24) is 5.01 Å². The number of hydrogen-bond donors (Lipinski definition) is 1. The van der Waals surface area contributed by atoms with Crippen LogP contribution in [0.1, 0.15) is 41.3 Å². The van der Waals surface area contributed by atoms with E-state index in [1.54, 1.807) is 31.2 Å². The smallest absolute Gasteiger partial charge is 0.411 e. The molecule has 0 aliphatic carbocycles. The van der Waals surface area contributed by atoms with Crippen molar-refractivity contribution in [1.29, 1.82) is 0 Å². The van der Waals surface area contributed by atoms with Gasteiger partial charge >= 0.3 is 6.09 Å². The number of hydrazone groups is 1. The van der Waals surface area contributed by atoms with E-state index in [9.17, 15) is 9.59 Å². The van der Waals surface area contributed by atoms with Gasteiger partial charge in [-0.3, -0.25) is 10.1 Å². The first-order valence-electron chi connectivity index (χ1n) is 9.50. The van der Waals surface area contributed by atoms with Crippen LogP contribution >= 0.6 is 0 Å². The minimum atomic E-state index is -0.527. The minimum absolute atomic E-state index is 0.189. The largest absolute Gasteiger partial charge is 0.450 e. The summed E-state index contributed by atoms with van der Waals surface area (Å²) in [5.41, 5.74) is 3.80. The molecular formula is C21H21N3O5. The SMILES string of the molecule is CCOC(=O)Nc1ccc(C(=O)N2CCCC(c3ccc4c(c3)OOC4)=N2)cc1. The monoisotopic (exact) mass is 395 g/mol. The van der Waals surface area contributed by atoms with E-state index in [-0.39, 0.29) is 5.91 Å². The Morgan fingerprint density at radius 1 is 1.21 bits per heavy atom. The van der Waals surface area contributed by atoms with Crippen molar-refractivity contribution >= 4 is 23.4 Å². The normalized spacial score (nSPS) is 15.2. The fraction of sp³-hybridized carbons (Fsp3) is 0.286. The number of benzene rings is 2. The van der Waals surface area contributed by atoms with Gasteiger partial charge in [0.1, 0.15) is 6.61 Å². The Kier molecular flexibility index (Phi) is 5.44. The number of hydrogen-bond acceptors (Lipinski definition) is 6. The molecule has 2 heterocycles. The fourth-order valence-corrected chi connectivity index (χ4v) is 3.21. The molecule has 2 aromatic rings. The highest BCUT2D eigenvalue weighted by atomic mass is 17.2. The van der Waals surface area contributed by atoms with Crippen LogP contribution in [-0.2, 0) is 16.2 Å². The molecule has 4 rings (SSSR count). The Bertz CT molecular complexity index is 955. The summed E-state index contributed by atoms with van der Waals surface area (Å²) in [5.74, 6) is 0.504. The predicted molar refractivity (Wildman–Crippen MR) is 106 cm³/mol. The zero-order valence-electron chi connectivity index (χ0n) is 16.0. The summed E-state index contributed by atoms with van der Waals surface area (Å²) in [4.78, 5) is 34.5. The standard InChI is InChI=1S/C21H21N3O5/c1-2-27-21(26)22-17-9-7-14(8-10-17)20(25)24-11-3-4-18(23-24)15-5-6-16-13-28-29-19(16)12-15/h5-10,12H,2-4,11,13H2,1H3,(H,22,26). The molecule has 2 aromatic carbocycles. The van der Waals surface area contributed by atoms with Gasteiger partial charge in [-0.05, 0) is 50.1 Å². The van der Waals surface area contributed by atoms with E-state index in [1.165, 1.54) is 5.01 Å². The lowest BCUT2D eigenvalue weighted by Crippen LogP contribution is -2.32. The number of nitrogens with zero attached hydrogens (tertiary/aromatic N) is 2. The van der Waals surface area contributed by atoms with Crippen LogP contribution in [-0.4, -0.2) is 35.9 Å². The van der Waals surface area contributed by atoms with Crippen LogP contribution in [0.4, 0.5) is 10.5 Å². The van der Waals surface area contributed by atoms with Gasteiger partial charge in [-0.15, -0.1) is 0 Å². The molecule has 1 N–H and O–H groups in total. The molecule has 0 saturated carbocycles. The molecule has 0 radical (unpaired) electrons. The Morgan fingerprint density at radius 3 is 2.83 bits per heavy atom. The first-order valence-corrected chi connectivity index (χ1v) is 9.50. The second kappa shape index (κ2) is 8.32. The molecule has 0 atom stereocenters. The molecule has 0 spiro atoms. The average molecular weight is 395 g/mol. The lowest BCUT2D eigenvalue weighted by molar-refractivity contribution is -0.194. The molecule has 29 heavy (non-hydrogen) atoms. The third-order valence-corrected chi connectivity index (χ3v) is 4.68. The topological polar surface area (TPSA) is 89.5 Å². The van der Waals surface area contributed by atoms with E-state index in [2.05, 4.69) is 10.4 Å². The van der Waals surface area contributed by atoms with Gasteiger partial charge in [-0.1, -0.05) is 12.1 Å². The van der Waals surface area contributed by atoms with E-state index < -0.39 is 6.09 Å². The van der Waals surface area contributed by atoms with Gasteiger partial charge in [0.25, 0.3) is 5.91 Å². The van der Waals surface area contributed by atoms with E-state index in [0.717, 1.165) is 29.7 Å². The highest BCUT2D eigenvalue weighted by Gasteiger charge is 2.22. The molecule has 8 heteroatoms. The number of carbonyl (C=O) groups excluding carboxylic acids is 2. The van der Waals surface area contributed by atoms with Crippen molar-refractivity contribution in [3.05, 3.63) is 59.2 Å². The van der Waals surface area contributed by atoms with Crippen LogP contribution < -0.4 is 10.2 Å². The molecule has 0 unspecified atom stereocenters. The van der Waals surface area contributed by atoms with Crippen LogP contribution in [0, 0.1) is 0 Å². The Labute approximate surface area is 168 Å². The van der Waals surface area contributed by atoms with Crippen molar-refractivity contribution in [2.75, 3.05) is 18.5 Å². The van der Waals surface area contributed by atoms with Gasteiger partial charge in [-0.2, -0.15) is 9.99 Å². The van der Waals surface area contributed by atoms with Crippen molar-refractivity contribution in [3.8, 4) is 5.75 Å². The van der Waals surface area contributed by atoms with Gasteiger partial charge in [0.2, 0.25) is 0 Å². The molecule has 0 saturated heterocycles. The number of rotatable bonds is 4. The second-order valence-corrected chi connectivity index (χ2v) is 6.67. The number of nitrogens with one attached hydrogen (secondary N) is 1. The van der Waals surface area contributed by atoms with Gasteiger partial charge in [0, 0.05) is 28.9 Å². The Balaban J connectivity index is 1.48. The summed E-state index contributed by atoms with van der Waals surface area (Å²) in [7, 11) is 0. The van der Waals surface area contributed by atoms with Crippen LogP contribution in [0.3, 0.4) is 0 Å². The summed E-state index contributed by atoms with van der Waals surface area (Å²) in [6.07, 6.45) is 1.08. The molecule has 0 aromatic heterocycles. The maximum Gasteiger partial charge on any atom is 0.411 e. The number of fused-ring (bicyclic) bond motifs is 1. The number of carbonyl (C=O) groups is 2. The molecule has 8 nitrogen and oxygen atoms in total. The first-order chi connectivity index (χ1) is 14.1. The van der Waals surface area contributed by atoms with E-state index >= 15 is 0 Å². The minimum Gasteiger partial charge on any atom is -0.450 e. The third kappa shape index (κ3) is 4.22. The first kappa shape index (κ1) is 18.9. The van der Waals surface area contributed by atoms with Gasteiger partial charge < -0.3 is 9.62 Å². The van der Waals surface area contributed by atoms with Gasteiger partial charge in [0.15, 0.2) is 5.75 Å². The molecule has 0 bridgehead atoms. The summed E-state index contributed by atoms with van der Waals surface area (Å²) in [6, 6.07) is 12.5. The van der Waals surface area contributed by atoms with E-state index in [1.807, 2.05) is 18.2 Å². The highest BCUT2D eigenvalue weighted by Crippen LogP contribution is 2.28. The average Bonchev–Trinajstić information content (AvgIpc) is 3.22. The summed E-state index contributed by atoms with van der Waals surface area (Å²) < 4.78 is 4.84. The third-order valence-electron chi connectivity index (χ3n) is 4.68. The number of amides is 2. The number of ether oxygens (including phenoxy) is 1. The van der Waals surface area contributed by atoms with Crippen molar-refractivity contribution in [3.63, 3.8) is 0 Å². The molecule has 0 fully saturated rings. The van der Waals surface area contributed by atoms with Crippen molar-refractivity contribution in [2.45, 2.75) is 26.4 Å². The molecule has 2 aliphatic rings. The van der Waals surface area contributed by atoms with Gasteiger partial charge in [-0.25, -0.2) is 9.80 Å². The fourth-order valence-electron chi connectivity index (χ4n) is 3.21. The summed E-state index contributed by atoms with van der Waals surface area (Å²) >= 11 is 0. The predicted octanol–water partition coefficient (Wildman–Crippen LogP) is 3.72. The maximum absolute atomic E-state index is 12.9. The van der Waals surface area contributed by atoms with Crippen molar-refractivity contribution < 1.29 is 24.1 Å². The van der Waals surface area contributed by atoms with Gasteiger partial charge in [0.05, 0.1) is 12.3 Å². The van der Waals surface area contributed by atoms with Crippen LogP contribution in [0.5, 0.6) is 5.75 Å². The van der Waals surface area contributed by atoms with Crippen LogP contribution in [0.2, 0.25) is 0 Å². The summed E-state index contributed by atoms with van der Waals surface area (Å²) in [6.45, 7) is 3.02. The number of anilines is 1. The van der Waals surface area contributed by atoms with Crippen molar-refractivity contribution in [2.24, 2.45) is 5.10 Å². The molecule has 2 amide bonds. The second-order valence-electron chi connectivity index (χ2n) is 6.67. The molecular weight excluding hydrogens is 374 g/mol. The zero-order chi connectivity index (χ0) is 20.2. The molecule has 150 valence electrons. The maximum atomic E-state index is 12.9. The Morgan fingerprint density at radius 2 is 2.03 bits per heavy atom. The lowest BCUT2D eigenvalue weighted by atomic mass is 10.0. The Hall–Kier alpha value is -3.39. The quantitative estimate of drug-likeness (QED) is 0.797. The van der Waals surface area contributed by atoms with E-state index in [0.29, 0.717) is 36.8 Å². The van der Waals surface area contributed by atoms with Crippen LogP contribution in [0.25, 0.3) is 0 Å². The molecule has 2 aliphatic heterocycles. The lowest BCUT2D eigenvalue weighted by Gasteiger charge is -2.24. The summed E-state index contributed by atoms with van der Waals surface area (Å²) in [5, 5.41) is 8.65.